The average Bonchev–Trinajstić information content (AvgIpc) is 3.28. The number of aromatic nitrogens is 2. The van der Waals surface area contributed by atoms with Crippen LogP contribution in [0.25, 0.3) is 21.1 Å². The van der Waals surface area contributed by atoms with Crippen molar-refractivity contribution in [2.45, 2.75) is 0 Å². The third kappa shape index (κ3) is 4.76. The SMILES string of the molecule is COc1ccc2c(Oc3cc4sc(NCCOc5ccccc5)nc4cc3F)ccnc2c1OC. The molecule has 0 amide bonds. The molecule has 178 valence electrons. The largest absolute Gasteiger partial charge is 0.493 e. The van der Waals surface area contributed by atoms with Crippen LogP contribution in [-0.2, 0) is 0 Å². The lowest BCUT2D eigenvalue weighted by atomic mass is 10.1. The fourth-order valence-electron chi connectivity index (χ4n) is 3.64. The molecule has 7 nitrogen and oxygen atoms in total. The van der Waals surface area contributed by atoms with Gasteiger partial charge in [-0.25, -0.2) is 9.37 Å². The monoisotopic (exact) mass is 491 g/mol. The molecule has 0 fully saturated rings. The van der Waals surface area contributed by atoms with Crippen LogP contribution in [0.15, 0.2) is 66.9 Å². The molecule has 0 saturated carbocycles. The van der Waals surface area contributed by atoms with Gasteiger partial charge in [-0.05, 0) is 30.3 Å². The third-order valence-corrected chi connectivity index (χ3v) is 6.24. The number of nitrogens with one attached hydrogen (secondary N) is 1. The van der Waals surface area contributed by atoms with E-state index >= 15 is 0 Å². The molecule has 0 spiro atoms. The van der Waals surface area contributed by atoms with Crippen molar-refractivity contribution in [3.63, 3.8) is 0 Å². The van der Waals surface area contributed by atoms with Crippen molar-refractivity contribution < 1.29 is 23.3 Å². The van der Waals surface area contributed by atoms with Crippen molar-refractivity contribution >= 4 is 37.6 Å². The highest BCUT2D eigenvalue weighted by Gasteiger charge is 2.16. The summed E-state index contributed by atoms with van der Waals surface area (Å²) in [6, 6.07) is 17.9. The van der Waals surface area contributed by atoms with Crippen LogP contribution in [0.4, 0.5) is 9.52 Å². The van der Waals surface area contributed by atoms with Crippen molar-refractivity contribution in [3.8, 4) is 28.7 Å². The number of thiazole rings is 1. The van der Waals surface area contributed by atoms with E-state index in [2.05, 4.69) is 15.3 Å². The molecule has 2 heterocycles. The van der Waals surface area contributed by atoms with Gasteiger partial charge in [-0.2, -0.15) is 0 Å². The highest BCUT2D eigenvalue weighted by Crippen LogP contribution is 2.40. The summed E-state index contributed by atoms with van der Waals surface area (Å²) in [4.78, 5) is 8.86. The average molecular weight is 492 g/mol. The molecule has 0 bridgehead atoms. The van der Waals surface area contributed by atoms with Gasteiger partial charge in [-0.3, -0.25) is 4.98 Å². The van der Waals surface area contributed by atoms with Gasteiger partial charge in [-0.15, -0.1) is 0 Å². The van der Waals surface area contributed by atoms with Gasteiger partial charge >= 0.3 is 0 Å². The Hall–Kier alpha value is -4.11. The summed E-state index contributed by atoms with van der Waals surface area (Å²) in [7, 11) is 3.10. The number of para-hydroxylation sites is 1. The molecule has 35 heavy (non-hydrogen) atoms. The standard InChI is InChI=1S/C26H22FN3O4S/c1-31-21-9-8-17-20(10-11-28-24(17)25(21)32-2)34-22-15-23-19(14-18(22)27)30-26(35-23)29-12-13-33-16-6-4-3-5-7-16/h3-11,14-15H,12-13H2,1-2H3,(H,29,30). The van der Waals surface area contributed by atoms with Crippen molar-refractivity contribution in [2.75, 3.05) is 32.7 Å². The maximum atomic E-state index is 14.9. The van der Waals surface area contributed by atoms with E-state index in [1.54, 1.807) is 38.6 Å². The molecular weight excluding hydrogens is 469 g/mol. The molecule has 5 rings (SSSR count). The molecule has 3 aromatic carbocycles. The number of anilines is 1. The van der Waals surface area contributed by atoms with Gasteiger partial charge in [0.2, 0.25) is 0 Å². The lowest BCUT2D eigenvalue weighted by molar-refractivity contribution is 0.333. The lowest BCUT2D eigenvalue weighted by Gasteiger charge is -2.13. The second-order valence-electron chi connectivity index (χ2n) is 7.47. The van der Waals surface area contributed by atoms with Gasteiger partial charge in [0.15, 0.2) is 28.2 Å². The van der Waals surface area contributed by atoms with Crippen LogP contribution < -0.4 is 24.3 Å². The van der Waals surface area contributed by atoms with E-state index < -0.39 is 5.82 Å². The fraction of sp³-hybridized carbons (Fsp3) is 0.154. The first-order valence-electron chi connectivity index (χ1n) is 10.9. The van der Waals surface area contributed by atoms with Crippen molar-refractivity contribution in [1.29, 1.82) is 0 Å². The predicted octanol–water partition coefficient (Wildman–Crippen LogP) is 6.28. The van der Waals surface area contributed by atoms with E-state index in [9.17, 15) is 4.39 Å². The van der Waals surface area contributed by atoms with E-state index in [0.717, 1.165) is 10.4 Å². The molecule has 0 aliphatic heterocycles. The molecule has 1 N–H and O–H groups in total. The normalized spacial score (nSPS) is 10.9. The van der Waals surface area contributed by atoms with Crippen LogP contribution >= 0.6 is 11.3 Å². The Morgan fingerprint density at radius 1 is 0.943 bits per heavy atom. The minimum atomic E-state index is -0.507. The Balaban J connectivity index is 1.35. The zero-order chi connectivity index (χ0) is 24.2. The lowest BCUT2D eigenvalue weighted by Crippen LogP contribution is -2.11. The van der Waals surface area contributed by atoms with Crippen molar-refractivity contribution in [1.82, 2.24) is 9.97 Å². The first kappa shape index (κ1) is 22.7. The molecule has 0 radical (unpaired) electrons. The van der Waals surface area contributed by atoms with Crippen LogP contribution in [0.5, 0.6) is 28.7 Å². The van der Waals surface area contributed by atoms with E-state index in [0.29, 0.717) is 52.0 Å². The number of hydrogen-bond acceptors (Lipinski definition) is 8. The van der Waals surface area contributed by atoms with Gasteiger partial charge in [0.05, 0.1) is 31.0 Å². The molecule has 9 heteroatoms. The smallest absolute Gasteiger partial charge is 0.187 e. The number of nitrogens with zero attached hydrogens (tertiary/aromatic N) is 2. The van der Waals surface area contributed by atoms with Crippen LogP contribution in [0.3, 0.4) is 0 Å². The van der Waals surface area contributed by atoms with Gasteiger partial charge in [-0.1, -0.05) is 29.5 Å². The second kappa shape index (κ2) is 10.0. The number of ether oxygens (including phenoxy) is 4. The topological polar surface area (TPSA) is 74.7 Å². The summed E-state index contributed by atoms with van der Waals surface area (Å²) in [5.41, 5.74) is 1.12. The number of halogens is 1. The summed E-state index contributed by atoms with van der Waals surface area (Å²) in [6.07, 6.45) is 1.59. The minimum absolute atomic E-state index is 0.0994. The first-order valence-corrected chi connectivity index (χ1v) is 11.7. The maximum absolute atomic E-state index is 14.9. The van der Waals surface area contributed by atoms with E-state index in [4.69, 9.17) is 18.9 Å². The first-order chi connectivity index (χ1) is 17.2. The Kier molecular flexibility index (Phi) is 6.49. The number of fused-ring (bicyclic) bond motifs is 2. The molecule has 0 aliphatic rings. The summed E-state index contributed by atoms with van der Waals surface area (Å²) >= 11 is 1.42. The summed E-state index contributed by atoms with van der Waals surface area (Å²) in [5, 5.41) is 4.58. The van der Waals surface area contributed by atoms with Crippen molar-refractivity contribution in [3.05, 3.63) is 72.7 Å². The van der Waals surface area contributed by atoms with E-state index in [1.165, 1.54) is 17.4 Å². The predicted molar refractivity (Wildman–Crippen MR) is 135 cm³/mol. The summed E-state index contributed by atoms with van der Waals surface area (Å²) < 4.78 is 38.2. The number of methoxy groups -OCH3 is 2. The number of benzene rings is 3. The van der Waals surface area contributed by atoms with Gasteiger partial charge < -0.3 is 24.3 Å². The van der Waals surface area contributed by atoms with Crippen molar-refractivity contribution in [2.24, 2.45) is 0 Å². The molecule has 5 aromatic rings. The maximum Gasteiger partial charge on any atom is 0.187 e. The second-order valence-corrected chi connectivity index (χ2v) is 8.50. The molecule has 0 aliphatic carbocycles. The Bertz CT molecular complexity index is 1480. The number of pyridine rings is 1. The molecule has 0 saturated heterocycles. The highest BCUT2D eigenvalue weighted by molar-refractivity contribution is 7.22. The summed E-state index contributed by atoms with van der Waals surface area (Å²) in [5.74, 6) is 1.89. The Morgan fingerprint density at radius 3 is 2.60 bits per heavy atom. The van der Waals surface area contributed by atoms with E-state index in [-0.39, 0.29) is 5.75 Å². The number of hydrogen-bond donors (Lipinski definition) is 1. The molecule has 0 unspecified atom stereocenters. The van der Waals surface area contributed by atoms with Gasteiger partial charge in [0.25, 0.3) is 0 Å². The fourth-order valence-corrected chi connectivity index (χ4v) is 4.54. The molecular formula is C26H22FN3O4S. The Morgan fingerprint density at radius 2 is 1.80 bits per heavy atom. The zero-order valence-corrected chi connectivity index (χ0v) is 19.9. The number of rotatable bonds is 9. The van der Waals surface area contributed by atoms with Gasteiger partial charge in [0, 0.05) is 23.7 Å². The van der Waals surface area contributed by atoms with Crippen LogP contribution in [-0.4, -0.2) is 37.3 Å². The van der Waals surface area contributed by atoms with Crippen LogP contribution in [0.2, 0.25) is 0 Å². The van der Waals surface area contributed by atoms with E-state index in [1.807, 2.05) is 36.4 Å². The van der Waals surface area contributed by atoms with Crippen LogP contribution in [0, 0.1) is 5.82 Å². The quantitative estimate of drug-likeness (QED) is 0.243. The minimum Gasteiger partial charge on any atom is -0.493 e. The Labute approximate surface area is 205 Å². The molecule has 0 atom stereocenters. The molecule has 2 aromatic heterocycles. The van der Waals surface area contributed by atoms with Gasteiger partial charge in [0.1, 0.15) is 23.6 Å². The third-order valence-electron chi connectivity index (χ3n) is 5.27. The zero-order valence-electron chi connectivity index (χ0n) is 19.1. The van der Waals surface area contributed by atoms with Crippen LogP contribution in [0.1, 0.15) is 0 Å². The highest BCUT2D eigenvalue weighted by atomic mass is 32.1. The summed E-state index contributed by atoms with van der Waals surface area (Å²) in [6.45, 7) is 1.04.